The fourth-order valence-electron chi connectivity index (χ4n) is 3.72. The van der Waals surface area contributed by atoms with Crippen LogP contribution < -0.4 is 15.2 Å². The minimum absolute atomic E-state index is 0.0308. The highest BCUT2D eigenvalue weighted by Gasteiger charge is 2.29. The number of hydrogen-bond acceptors (Lipinski definition) is 6. The molecule has 6 nitrogen and oxygen atoms in total. The number of halogens is 4. The Morgan fingerprint density at radius 2 is 2.00 bits per heavy atom. The van der Waals surface area contributed by atoms with Gasteiger partial charge in [-0.15, -0.1) is 11.3 Å². The molecule has 0 radical (unpaired) electrons. The van der Waals surface area contributed by atoms with E-state index in [1.54, 1.807) is 6.07 Å². The molecule has 180 valence electrons. The zero-order valence-corrected chi connectivity index (χ0v) is 20.6. The monoisotopic (exact) mass is 545 g/mol. The first-order chi connectivity index (χ1) is 16.2. The summed E-state index contributed by atoms with van der Waals surface area (Å²) in [5.74, 6) is -1.78. The minimum atomic E-state index is -4.25. The number of sulfonamides is 1. The van der Waals surface area contributed by atoms with Gasteiger partial charge in [-0.2, -0.15) is 0 Å². The standard InChI is InChI=1S/C22H19Cl2F2N3O3S2/c23-16-6-12(25)4-5-14(16)13-2-1-3-19(27)15(13)9-32-20-8-18(26)21(7-17(20)24)34(30,31)29-22-10-33-11-28-22/h2,4-8,10-11,15,19,29H,1,3,9,27H2. The second-order valence-electron chi connectivity index (χ2n) is 7.63. The van der Waals surface area contributed by atoms with Crippen LogP contribution in [-0.2, 0) is 10.0 Å². The van der Waals surface area contributed by atoms with Gasteiger partial charge in [-0.1, -0.05) is 35.3 Å². The van der Waals surface area contributed by atoms with Crippen molar-refractivity contribution in [1.82, 2.24) is 4.98 Å². The van der Waals surface area contributed by atoms with Crippen molar-refractivity contribution < 1.29 is 21.9 Å². The lowest BCUT2D eigenvalue weighted by Gasteiger charge is -2.31. The topological polar surface area (TPSA) is 94.3 Å². The summed E-state index contributed by atoms with van der Waals surface area (Å²) in [4.78, 5) is 3.20. The SMILES string of the molecule is NC1CCC=C(c2ccc(F)cc2Cl)C1COc1cc(F)c(S(=O)(=O)Nc2cscn2)cc1Cl. The van der Waals surface area contributed by atoms with Crippen molar-refractivity contribution in [3.63, 3.8) is 0 Å². The lowest BCUT2D eigenvalue weighted by molar-refractivity contribution is 0.252. The van der Waals surface area contributed by atoms with E-state index in [1.165, 1.54) is 34.4 Å². The normalized spacial score (nSPS) is 18.4. The zero-order valence-electron chi connectivity index (χ0n) is 17.5. The highest BCUT2D eigenvalue weighted by molar-refractivity contribution is 7.92. The van der Waals surface area contributed by atoms with Crippen LogP contribution >= 0.6 is 34.5 Å². The molecule has 12 heteroatoms. The van der Waals surface area contributed by atoms with Crippen molar-refractivity contribution in [2.24, 2.45) is 11.7 Å². The van der Waals surface area contributed by atoms with Crippen LogP contribution in [0.1, 0.15) is 18.4 Å². The zero-order chi connectivity index (χ0) is 24.5. The van der Waals surface area contributed by atoms with E-state index >= 15 is 0 Å². The van der Waals surface area contributed by atoms with Gasteiger partial charge in [-0.25, -0.2) is 22.2 Å². The summed E-state index contributed by atoms with van der Waals surface area (Å²) in [7, 11) is -4.25. The Labute approximate surface area is 209 Å². The molecule has 34 heavy (non-hydrogen) atoms. The number of thiazole rings is 1. The number of allylic oxidation sites excluding steroid dienone is 1. The van der Waals surface area contributed by atoms with Gasteiger partial charge in [0.2, 0.25) is 0 Å². The lowest BCUT2D eigenvalue weighted by Crippen LogP contribution is -2.37. The van der Waals surface area contributed by atoms with E-state index in [4.69, 9.17) is 33.7 Å². The van der Waals surface area contributed by atoms with Crippen LogP contribution in [-0.4, -0.2) is 26.1 Å². The van der Waals surface area contributed by atoms with Crippen LogP contribution in [0.25, 0.3) is 5.57 Å². The molecule has 2 unspecified atom stereocenters. The molecule has 0 saturated carbocycles. The first-order valence-electron chi connectivity index (χ1n) is 10.1. The van der Waals surface area contributed by atoms with Gasteiger partial charge in [0.05, 0.1) is 22.2 Å². The lowest BCUT2D eigenvalue weighted by atomic mass is 9.81. The first-order valence-corrected chi connectivity index (χ1v) is 13.3. The van der Waals surface area contributed by atoms with Gasteiger partial charge >= 0.3 is 0 Å². The fourth-order valence-corrected chi connectivity index (χ4v) is 5.93. The molecule has 1 aliphatic rings. The molecule has 0 amide bonds. The number of nitrogens with two attached hydrogens (primary N) is 1. The number of ether oxygens (including phenoxy) is 1. The first kappa shape index (κ1) is 24.9. The van der Waals surface area contributed by atoms with Crippen LogP contribution in [0.15, 0.2) is 52.2 Å². The van der Waals surface area contributed by atoms with E-state index in [-0.39, 0.29) is 40.2 Å². The maximum Gasteiger partial charge on any atom is 0.266 e. The molecule has 0 saturated heterocycles. The van der Waals surface area contributed by atoms with Crippen LogP contribution in [0.5, 0.6) is 5.75 Å². The smallest absolute Gasteiger partial charge is 0.266 e. The fraction of sp³-hybridized carbons (Fsp3) is 0.227. The Hall–Kier alpha value is -2.24. The average molecular weight is 546 g/mol. The molecule has 3 N–H and O–H groups in total. The summed E-state index contributed by atoms with van der Waals surface area (Å²) in [5.41, 5.74) is 9.20. The van der Waals surface area contributed by atoms with Crippen molar-refractivity contribution in [3.05, 3.63) is 74.5 Å². The molecule has 0 spiro atoms. The van der Waals surface area contributed by atoms with Crippen LogP contribution in [0.4, 0.5) is 14.6 Å². The predicted molar refractivity (Wildman–Crippen MR) is 130 cm³/mol. The highest BCUT2D eigenvalue weighted by Crippen LogP contribution is 2.37. The third kappa shape index (κ3) is 5.36. The third-order valence-electron chi connectivity index (χ3n) is 5.39. The molecule has 0 fully saturated rings. The Morgan fingerprint density at radius 3 is 2.71 bits per heavy atom. The van der Waals surface area contributed by atoms with Crippen LogP contribution in [0.3, 0.4) is 0 Å². The largest absolute Gasteiger partial charge is 0.491 e. The molecular weight excluding hydrogens is 527 g/mol. The summed E-state index contributed by atoms with van der Waals surface area (Å²) in [5, 5.41) is 1.63. The number of rotatable bonds is 7. The molecule has 2 aromatic carbocycles. The highest BCUT2D eigenvalue weighted by atomic mass is 35.5. The number of nitrogens with zero attached hydrogens (tertiary/aromatic N) is 1. The Kier molecular flexibility index (Phi) is 7.44. The van der Waals surface area contributed by atoms with Gasteiger partial charge in [0.25, 0.3) is 10.0 Å². The van der Waals surface area contributed by atoms with Gasteiger partial charge in [0, 0.05) is 23.4 Å². The molecule has 3 aromatic rings. The third-order valence-corrected chi connectivity index (χ3v) is 7.95. The number of nitrogens with one attached hydrogen (secondary N) is 1. The predicted octanol–water partition coefficient (Wildman–Crippen LogP) is 5.73. The van der Waals surface area contributed by atoms with Gasteiger partial charge in [0.15, 0.2) is 5.82 Å². The number of anilines is 1. The molecular formula is C22H19Cl2F2N3O3S2. The average Bonchev–Trinajstić information content (AvgIpc) is 3.27. The molecule has 0 bridgehead atoms. The van der Waals surface area contributed by atoms with E-state index in [9.17, 15) is 17.2 Å². The number of benzene rings is 2. The van der Waals surface area contributed by atoms with E-state index in [0.717, 1.165) is 17.7 Å². The second kappa shape index (κ2) is 10.2. The number of aromatic nitrogens is 1. The molecule has 4 rings (SSSR count). The molecule has 1 aromatic heterocycles. The minimum Gasteiger partial charge on any atom is -0.491 e. The Bertz CT molecular complexity index is 1340. The van der Waals surface area contributed by atoms with Crippen molar-refractivity contribution in [1.29, 1.82) is 0 Å². The maximum atomic E-state index is 14.8. The van der Waals surface area contributed by atoms with Crippen molar-refractivity contribution in [2.75, 3.05) is 11.3 Å². The van der Waals surface area contributed by atoms with Gasteiger partial charge in [-0.05, 0) is 42.2 Å². The number of hydrogen-bond donors (Lipinski definition) is 2. The van der Waals surface area contributed by atoms with Gasteiger partial charge in [-0.3, -0.25) is 4.72 Å². The Morgan fingerprint density at radius 1 is 1.21 bits per heavy atom. The van der Waals surface area contributed by atoms with Crippen LogP contribution in [0, 0.1) is 17.6 Å². The van der Waals surface area contributed by atoms with Crippen molar-refractivity contribution >= 4 is 56.0 Å². The van der Waals surface area contributed by atoms with E-state index in [2.05, 4.69) is 9.71 Å². The second-order valence-corrected chi connectivity index (χ2v) is 10.8. The van der Waals surface area contributed by atoms with E-state index in [1.807, 2.05) is 6.08 Å². The van der Waals surface area contributed by atoms with Gasteiger partial charge < -0.3 is 10.5 Å². The summed E-state index contributed by atoms with van der Waals surface area (Å²) < 4.78 is 61.3. The van der Waals surface area contributed by atoms with Crippen LogP contribution in [0.2, 0.25) is 10.0 Å². The summed E-state index contributed by atoms with van der Waals surface area (Å²) in [6.07, 6.45) is 3.38. The molecule has 1 heterocycles. The maximum absolute atomic E-state index is 14.8. The van der Waals surface area contributed by atoms with E-state index < -0.39 is 26.6 Å². The molecule has 0 aliphatic heterocycles. The summed E-state index contributed by atoms with van der Waals surface area (Å²) in [6.45, 7) is 0.0308. The van der Waals surface area contributed by atoms with Crippen molar-refractivity contribution in [3.8, 4) is 5.75 Å². The summed E-state index contributed by atoms with van der Waals surface area (Å²) in [6, 6.07) is 5.73. The molecule has 2 atom stereocenters. The quantitative estimate of drug-likeness (QED) is 0.395. The van der Waals surface area contributed by atoms with E-state index in [0.29, 0.717) is 18.4 Å². The summed E-state index contributed by atoms with van der Waals surface area (Å²) >= 11 is 13.7. The van der Waals surface area contributed by atoms with Gasteiger partial charge in [0.1, 0.15) is 22.3 Å². The Balaban J connectivity index is 1.56. The van der Waals surface area contributed by atoms with Crippen molar-refractivity contribution in [2.45, 2.75) is 23.8 Å². The molecule has 1 aliphatic carbocycles.